The van der Waals surface area contributed by atoms with E-state index >= 15 is 0 Å². The van der Waals surface area contributed by atoms with Crippen LogP contribution >= 0.6 is 11.6 Å². The van der Waals surface area contributed by atoms with Crippen LogP contribution in [0.5, 0.6) is 0 Å². The van der Waals surface area contributed by atoms with Crippen molar-refractivity contribution in [1.82, 2.24) is 5.32 Å². The topological polar surface area (TPSA) is 98.8 Å². The maximum atomic E-state index is 12.1. The Morgan fingerprint density at radius 1 is 1.28 bits per heavy atom. The van der Waals surface area contributed by atoms with Crippen LogP contribution in [-0.4, -0.2) is 51.9 Å². The summed E-state index contributed by atoms with van der Waals surface area (Å²) >= 11 is 5.71. The van der Waals surface area contributed by atoms with Crippen LogP contribution in [0.3, 0.4) is 0 Å². The number of halogens is 1. The lowest BCUT2D eigenvalue weighted by atomic mass is 10.2. The molecule has 7 nitrogen and oxygen atoms in total. The molecule has 1 N–H and O–H groups in total. The fraction of sp³-hybridized carbons (Fsp3) is 0.500. The van der Waals surface area contributed by atoms with Gasteiger partial charge in [-0.2, -0.15) is 0 Å². The van der Waals surface area contributed by atoms with Crippen LogP contribution in [0, 0.1) is 0 Å². The quantitative estimate of drug-likeness (QED) is 0.674. The van der Waals surface area contributed by atoms with Crippen molar-refractivity contribution in [1.29, 1.82) is 0 Å². The first-order valence-corrected chi connectivity index (χ1v) is 9.92. The minimum absolute atomic E-state index is 0.00386. The molecule has 0 spiro atoms. The molecule has 1 amide bonds. The second-order valence-electron chi connectivity index (χ2n) is 5.62. The number of hydrogen-bond acceptors (Lipinski definition) is 6. The van der Waals surface area contributed by atoms with E-state index in [0.717, 1.165) is 12.8 Å². The highest BCUT2D eigenvalue weighted by Gasteiger charge is 2.19. The average molecular weight is 390 g/mol. The van der Waals surface area contributed by atoms with Crippen LogP contribution in [-0.2, 0) is 28.9 Å². The minimum atomic E-state index is -3.61. The molecule has 1 heterocycles. The summed E-state index contributed by atoms with van der Waals surface area (Å²) in [7, 11) is -3.61. The van der Waals surface area contributed by atoms with E-state index in [1.54, 1.807) is 0 Å². The summed E-state index contributed by atoms with van der Waals surface area (Å²) in [6, 6.07) is 5.68. The third kappa shape index (κ3) is 6.64. The van der Waals surface area contributed by atoms with Gasteiger partial charge in [-0.1, -0.05) is 11.6 Å². The molecule has 0 bridgehead atoms. The summed E-state index contributed by atoms with van der Waals surface area (Å²) in [5, 5.41) is 3.04. The van der Waals surface area contributed by atoms with Crippen molar-refractivity contribution < 1.29 is 27.5 Å². The van der Waals surface area contributed by atoms with Gasteiger partial charge in [-0.3, -0.25) is 9.59 Å². The molecular weight excluding hydrogens is 370 g/mol. The van der Waals surface area contributed by atoms with Gasteiger partial charge in [-0.05, 0) is 37.1 Å². The van der Waals surface area contributed by atoms with Gasteiger partial charge in [-0.25, -0.2) is 8.42 Å². The highest BCUT2D eigenvalue weighted by atomic mass is 35.5. The van der Waals surface area contributed by atoms with Crippen molar-refractivity contribution in [2.24, 2.45) is 0 Å². The van der Waals surface area contributed by atoms with Crippen molar-refractivity contribution >= 4 is 33.3 Å². The maximum Gasteiger partial charge on any atom is 0.307 e. The summed E-state index contributed by atoms with van der Waals surface area (Å²) < 4.78 is 34.3. The maximum absolute atomic E-state index is 12.1. The fourth-order valence-electron chi connectivity index (χ4n) is 2.28. The molecule has 1 aliphatic heterocycles. The molecule has 0 saturated carbocycles. The SMILES string of the molecule is O=C(COC(=O)CCS(=O)(=O)c1ccc(Cl)cc1)NC[C@@H]1CCCO1. The number of hydrogen-bond donors (Lipinski definition) is 1. The predicted molar refractivity (Wildman–Crippen MR) is 91.1 cm³/mol. The van der Waals surface area contributed by atoms with E-state index in [1.165, 1.54) is 24.3 Å². The zero-order valence-electron chi connectivity index (χ0n) is 13.6. The summed E-state index contributed by atoms with van der Waals surface area (Å²) in [5.74, 6) is -1.58. The summed E-state index contributed by atoms with van der Waals surface area (Å²) in [5.41, 5.74) is 0. The number of benzene rings is 1. The minimum Gasteiger partial charge on any atom is -0.456 e. The normalized spacial score (nSPS) is 17.2. The molecule has 0 unspecified atom stereocenters. The first kappa shape index (κ1) is 19.7. The van der Waals surface area contributed by atoms with Gasteiger partial charge in [0.25, 0.3) is 5.91 Å². The van der Waals surface area contributed by atoms with Crippen LogP contribution in [0.2, 0.25) is 5.02 Å². The molecule has 1 fully saturated rings. The van der Waals surface area contributed by atoms with Crippen LogP contribution in [0.15, 0.2) is 29.2 Å². The van der Waals surface area contributed by atoms with E-state index in [2.05, 4.69) is 5.32 Å². The van der Waals surface area contributed by atoms with Crippen molar-refractivity contribution in [3.05, 3.63) is 29.3 Å². The van der Waals surface area contributed by atoms with E-state index in [0.29, 0.717) is 18.2 Å². The summed E-state index contributed by atoms with van der Waals surface area (Å²) in [6.07, 6.45) is 1.54. The lowest BCUT2D eigenvalue weighted by Gasteiger charge is -2.11. The Hall–Kier alpha value is -1.64. The molecule has 1 aromatic rings. The van der Waals surface area contributed by atoms with Gasteiger partial charge in [-0.15, -0.1) is 0 Å². The van der Waals surface area contributed by atoms with E-state index in [9.17, 15) is 18.0 Å². The third-order valence-electron chi connectivity index (χ3n) is 3.66. The Kier molecular flexibility index (Phi) is 7.22. The van der Waals surface area contributed by atoms with Gasteiger partial charge in [0.15, 0.2) is 16.4 Å². The number of amides is 1. The zero-order chi connectivity index (χ0) is 18.3. The first-order chi connectivity index (χ1) is 11.9. The number of nitrogens with one attached hydrogen (secondary N) is 1. The van der Waals surface area contributed by atoms with E-state index in [-0.39, 0.29) is 17.4 Å². The van der Waals surface area contributed by atoms with Gasteiger partial charge < -0.3 is 14.8 Å². The second kappa shape index (κ2) is 9.17. The molecule has 1 aromatic carbocycles. The molecule has 1 saturated heterocycles. The molecule has 0 aromatic heterocycles. The largest absolute Gasteiger partial charge is 0.456 e. The lowest BCUT2D eigenvalue weighted by Crippen LogP contribution is -2.34. The van der Waals surface area contributed by atoms with Crippen molar-refractivity contribution in [3.8, 4) is 0 Å². The van der Waals surface area contributed by atoms with E-state index in [1.807, 2.05) is 0 Å². The van der Waals surface area contributed by atoms with Gasteiger partial charge in [0.05, 0.1) is 23.2 Å². The van der Waals surface area contributed by atoms with Crippen molar-refractivity contribution in [2.75, 3.05) is 25.5 Å². The molecule has 9 heteroatoms. The van der Waals surface area contributed by atoms with Crippen LogP contribution in [0.1, 0.15) is 19.3 Å². The number of ether oxygens (including phenoxy) is 2. The Morgan fingerprint density at radius 2 is 2.00 bits per heavy atom. The smallest absolute Gasteiger partial charge is 0.307 e. The van der Waals surface area contributed by atoms with Crippen molar-refractivity contribution in [3.63, 3.8) is 0 Å². The van der Waals surface area contributed by atoms with E-state index < -0.39 is 34.1 Å². The molecule has 0 aliphatic carbocycles. The Labute approximate surface area is 151 Å². The Balaban J connectivity index is 1.69. The van der Waals surface area contributed by atoms with Gasteiger partial charge in [0.2, 0.25) is 0 Å². The highest BCUT2D eigenvalue weighted by molar-refractivity contribution is 7.91. The molecule has 138 valence electrons. The number of carbonyl (C=O) groups excluding carboxylic acids is 2. The van der Waals surface area contributed by atoms with Crippen LogP contribution < -0.4 is 5.32 Å². The average Bonchev–Trinajstić information content (AvgIpc) is 3.10. The van der Waals surface area contributed by atoms with Crippen LogP contribution in [0.25, 0.3) is 0 Å². The van der Waals surface area contributed by atoms with Gasteiger partial charge >= 0.3 is 5.97 Å². The van der Waals surface area contributed by atoms with Crippen molar-refractivity contribution in [2.45, 2.75) is 30.3 Å². The predicted octanol–water partition coefficient (Wildman–Crippen LogP) is 1.34. The molecule has 0 radical (unpaired) electrons. The third-order valence-corrected chi connectivity index (χ3v) is 5.65. The molecule has 2 rings (SSSR count). The Morgan fingerprint density at radius 3 is 2.64 bits per heavy atom. The fourth-order valence-corrected chi connectivity index (χ4v) is 3.63. The molecule has 1 aliphatic rings. The second-order valence-corrected chi connectivity index (χ2v) is 8.17. The number of carbonyl (C=O) groups is 2. The lowest BCUT2D eigenvalue weighted by molar-refractivity contribution is -0.148. The van der Waals surface area contributed by atoms with Gasteiger partial charge in [0.1, 0.15) is 0 Å². The monoisotopic (exact) mass is 389 g/mol. The number of esters is 1. The zero-order valence-corrected chi connectivity index (χ0v) is 15.1. The van der Waals surface area contributed by atoms with Crippen LogP contribution in [0.4, 0.5) is 0 Å². The number of rotatable bonds is 8. The summed E-state index contributed by atoms with van der Waals surface area (Å²) in [4.78, 5) is 23.3. The number of sulfone groups is 1. The van der Waals surface area contributed by atoms with E-state index in [4.69, 9.17) is 21.1 Å². The molecule has 25 heavy (non-hydrogen) atoms. The molecular formula is C16H20ClNO6S. The Bertz CT molecular complexity index is 698. The standard InChI is InChI=1S/C16H20ClNO6S/c17-12-3-5-14(6-4-12)25(21,22)9-7-16(20)24-11-15(19)18-10-13-2-1-8-23-13/h3-6,13H,1-2,7-11H2,(H,18,19)/t13-/m0/s1. The first-order valence-electron chi connectivity index (χ1n) is 7.89. The summed E-state index contributed by atoms with van der Waals surface area (Å²) in [6.45, 7) is 0.630. The molecule has 1 atom stereocenters. The van der Waals surface area contributed by atoms with Gasteiger partial charge in [0, 0.05) is 18.2 Å². The highest BCUT2D eigenvalue weighted by Crippen LogP contribution is 2.16.